The van der Waals surface area contributed by atoms with E-state index in [1.807, 2.05) is 0 Å². The molecule has 12 heteroatoms. The second-order valence-corrected chi connectivity index (χ2v) is 6.70. The van der Waals surface area contributed by atoms with Gasteiger partial charge in [0, 0.05) is 0 Å². The quantitative estimate of drug-likeness (QED) is 0.483. The van der Waals surface area contributed by atoms with Crippen molar-refractivity contribution in [2.24, 2.45) is 0 Å². The van der Waals surface area contributed by atoms with E-state index in [1.165, 1.54) is 16.7 Å². The molecular weight excluding hydrogens is 376 g/mol. The highest BCUT2D eigenvalue weighted by Gasteiger charge is 2.16. The van der Waals surface area contributed by atoms with Crippen LogP contribution in [0.5, 0.6) is 0 Å². The molecule has 3 heterocycles. The minimum atomic E-state index is -1.07. The number of carboxylic acid groups (broad SMARTS) is 1. The highest BCUT2D eigenvalue weighted by atomic mass is 16.4. The molecule has 0 spiro atoms. The summed E-state index contributed by atoms with van der Waals surface area (Å²) in [5, 5.41) is 35.2. The van der Waals surface area contributed by atoms with E-state index in [4.69, 9.17) is 5.11 Å². The first-order valence-electron chi connectivity index (χ1n) is 8.78. The first kappa shape index (κ1) is 18.4. The molecule has 0 saturated heterocycles. The number of aromatic nitrogens is 10. The lowest BCUT2D eigenvalue weighted by Gasteiger charge is -2.08. The van der Waals surface area contributed by atoms with Gasteiger partial charge in [-0.05, 0) is 48.2 Å². The van der Waals surface area contributed by atoms with Gasteiger partial charge in [-0.25, -0.2) is 9.67 Å². The van der Waals surface area contributed by atoms with Crippen molar-refractivity contribution in [3.63, 3.8) is 0 Å². The fraction of sp³-hybridized carbons (Fsp3) is 0.294. The smallest absolute Gasteiger partial charge is 0.327 e. The monoisotopic (exact) mass is 394 g/mol. The summed E-state index contributed by atoms with van der Waals surface area (Å²) in [5.41, 5.74) is 5.39. The third-order valence-corrected chi connectivity index (χ3v) is 4.53. The topological polar surface area (TPSA) is 153 Å². The molecule has 4 rings (SSSR count). The molecule has 0 atom stereocenters. The lowest BCUT2D eigenvalue weighted by Crippen LogP contribution is -2.11. The molecule has 29 heavy (non-hydrogen) atoms. The predicted molar refractivity (Wildman–Crippen MR) is 99.6 cm³/mol. The standard InChI is InChI=1S/C17H18N10O2/c1-9-4-12(5-10(2)11(9)3)6-26-7-13(19-24-26)15-18-16(21-20-15)17-22-25-27(23-17)8-14(28)29/h4-5,7H,6,8H2,1-3H3,(H,28,29)(H,18,20,21). The van der Waals surface area contributed by atoms with Crippen LogP contribution < -0.4 is 0 Å². The molecule has 0 radical (unpaired) electrons. The third kappa shape index (κ3) is 3.85. The number of nitrogens with zero attached hydrogens (tertiary/aromatic N) is 9. The van der Waals surface area contributed by atoms with Crippen LogP contribution in [0.1, 0.15) is 22.3 Å². The Bertz CT molecular complexity index is 1170. The van der Waals surface area contributed by atoms with Gasteiger partial charge in [0.25, 0.3) is 0 Å². The molecular formula is C17H18N10O2. The first-order valence-corrected chi connectivity index (χ1v) is 8.78. The van der Waals surface area contributed by atoms with Gasteiger partial charge in [0.1, 0.15) is 0 Å². The fourth-order valence-corrected chi connectivity index (χ4v) is 2.88. The van der Waals surface area contributed by atoms with Crippen molar-refractivity contribution in [3.8, 4) is 23.2 Å². The number of carboxylic acids is 1. The Balaban J connectivity index is 1.52. The minimum Gasteiger partial charge on any atom is -0.480 e. The maximum absolute atomic E-state index is 10.7. The summed E-state index contributed by atoms with van der Waals surface area (Å²) in [6.07, 6.45) is 1.76. The van der Waals surface area contributed by atoms with Gasteiger partial charge in [-0.2, -0.15) is 9.90 Å². The highest BCUT2D eigenvalue weighted by Crippen LogP contribution is 2.18. The van der Waals surface area contributed by atoms with Gasteiger partial charge in [0.15, 0.2) is 18.1 Å². The second kappa shape index (κ2) is 7.22. The Morgan fingerprint density at radius 3 is 2.59 bits per heavy atom. The van der Waals surface area contributed by atoms with E-state index >= 15 is 0 Å². The first-order chi connectivity index (χ1) is 13.9. The summed E-state index contributed by atoms with van der Waals surface area (Å²) in [4.78, 5) is 16.0. The Kier molecular flexibility index (Phi) is 4.58. The molecule has 4 aromatic rings. The minimum absolute atomic E-state index is 0.142. The van der Waals surface area contributed by atoms with Gasteiger partial charge in [0.05, 0.1) is 12.7 Å². The van der Waals surface area contributed by atoms with Crippen molar-refractivity contribution in [3.05, 3.63) is 40.6 Å². The van der Waals surface area contributed by atoms with Crippen molar-refractivity contribution in [2.45, 2.75) is 33.9 Å². The van der Waals surface area contributed by atoms with Crippen molar-refractivity contribution in [2.75, 3.05) is 0 Å². The van der Waals surface area contributed by atoms with Crippen LogP contribution in [0, 0.1) is 20.8 Å². The molecule has 0 bridgehead atoms. The number of aliphatic carboxylic acids is 1. The van der Waals surface area contributed by atoms with Crippen LogP contribution in [0.4, 0.5) is 0 Å². The van der Waals surface area contributed by atoms with Crippen molar-refractivity contribution in [1.29, 1.82) is 0 Å². The Morgan fingerprint density at radius 2 is 1.86 bits per heavy atom. The number of H-pyrrole nitrogens is 1. The normalized spacial score (nSPS) is 11.1. The molecule has 1 aromatic carbocycles. The van der Waals surface area contributed by atoms with Gasteiger partial charge >= 0.3 is 5.97 Å². The number of aryl methyl sites for hydroxylation is 2. The van der Waals surface area contributed by atoms with E-state index in [0.717, 1.165) is 10.4 Å². The zero-order valence-electron chi connectivity index (χ0n) is 16.0. The molecule has 0 saturated carbocycles. The van der Waals surface area contributed by atoms with E-state index in [2.05, 4.69) is 73.8 Å². The lowest BCUT2D eigenvalue weighted by molar-refractivity contribution is -0.138. The van der Waals surface area contributed by atoms with Crippen LogP contribution in [-0.4, -0.2) is 61.5 Å². The average molecular weight is 394 g/mol. The molecule has 0 amide bonds. The molecule has 3 aromatic heterocycles. The molecule has 0 aliphatic rings. The molecule has 148 valence electrons. The molecule has 0 aliphatic carbocycles. The van der Waals surface area contributed by atoms with Crippen LogP contribution in [0.2, 0.25) is 0 Å². The zero-order valence-corrected chi connectivity index (χ0v) is 16.0. The Morgan fingerprint density at radius 1 is 1.10 bits per heavy atom. The van der Waals surface area contributed by atoms with E-state index in [1.54, 1.807) is 10.9 Å². The summed E-state index contributed by atoms with van der Waals surface area (Å²) in [5.74, 6) is -0.334. The van der Waals surface area contributed by atoms with Crippen molar-refractivity contribution in [1.82, 2.24) is 50.4 Å². The van der Waals surface area contributed by atoms with Crippen LogP contribution in [-0.2, 0) is 17.9 Å². The van der Waals surface area contributed by atoms with Crippen molar-refractivity contribution >= 4 is 5.97 Å². The number of rotatable bonds is 6. The summed E-state index contributed by atoms with van der Waals surface area (Å²) < 4.78 is 1.72. The Hall–Kier alpha value is -3.96. The van der Waals surface area contributed by atoms with Gasteiger partial charge in [-0.3, -0.25) is 9.89 Å². The number of carbonyl (C=O) groups is 1. The summed E-state index contributed by atoms with van der Waals surface area (Å²) in [6, 6.07) is 4.28. The van der Waals surface area contributed by atoms with Gasteiger partial charge in [-0.15, -0.1) is 15.3 Å². The largest absolute Gasteiger partial charge is 0.480 e. The van der Waals surface area contributed by atoms with Gasteiger partial charge in [-0.1, -0.05) is 17.3 Å². The zero-order chi connectivity index (χ0) is 20.5. The Labute approximate surface area is 164 Å². The molecule has 0 unspecified atom stereocenters. The number of aromatic amines is 1. The summed E-state index contributed by atoms with van der Waals surface area (Å²) >= 11 is 0. The maximum atomic E-state index is 10.7. The van der Waals surface area contributed by atoms with Crippen molar-refractivity contribution < 1.29 is 9.90 Å². The third-order valence-electron chi connectivity index (χ3n) is 4.53. The summed E-state index contributed by atoms with van der Waals surface area (Å²) in [7, 11) is 0. The molecule has 0 aliphatic heterocycles. The summed E-state index contributed by atoms with van der Waals surface area (Å²) in [6.45, 7) is 6.48. The fourth-order valence-electron chi connectivity index (χ4n) is 2.88. The predicted octanol–water partition coefficient (Wildman–Crippen LogP) is 0.775. The highest BCUT2D eigenvalue weighted by molar-refractivity contribution is 5.66. The lowest BCUT2D eigenvalue weighted by atomic mass is 10.0. The van der Waals surface area contributed by atoms with E-state index in [0.29, 0.717) is 18.1 Å². The van der Waals surface area contributed by atoms with E-state index in [-0.39, 0.29) is 18.2 Å². The maximum Gasteiger partial charge on any atom is 0.327 e. The average Bonchev–Trinajstić information content (AvgIpc) is 3.39. The molecule has 12 nitrogen and oxygen atoms in total. The molecule has 0 fully saturated rings. The van der Waals surface area contributed by atoms with E-state index in [9.17, 15) is 4.79 Å². The second-order valence-electron chi connectivity index (χ2n) is 6.70. The number of benzene rings is 1. The number of tetrazole rings is 1. The molecule has 2 N–H and O–H groups in total. The van der Waals surface area contributed by atoms with Crippen LogP contribution in [0.3, 0.4) is 0 Å². The van der Waals surface area contributed by atoms with Crippen LogP contribution in [0.25, 0.3) is 23.2 Å². The van der Waals surface area contributed by atoms with E-state index < -0.39 is 5.97 Å². The van der Waals surface area contributed by atoms with Crippen LogP contribution in [0.15, 0.2) is 18.3 Å². The van der Waals surface area contributed by atoms with Gasteiger partial charge < -0.3 is 5.11 Å². The number of hydrogen-bond donors (Lipinski definition) is 2. The number of nitrogens with one attached hydrogen (secondary N) is 1. The number of hydrogen-bond acceptors (Lipinski definition) is 8. The van der Waals surface area contributed by atoms with Crippen LogP contribution >= 0.6 is 0 Å². The SMILES string of the molecule is Cc1cc(Cn2cc(-c3n[nH]c(-c4nnn(CC(=O)O)n4)n3)nn2)cc(C)c1C. The van der Waals surface area contributed by atoms with Gasteiger partial charge in [0.2, 0.25) is 11.6 Å².